The molecular formula is C75H87BBrCl4LiNaO15S4. The van der Waals surface area contributed by atoms with Gasteiger partial charge in [0.1, 0.15) is 0 Å². The van der Waals surface area contributed by atoms with Crippen molar-refractivity contribution in [1.29, 1.82) is 0 Å². The molecular weight excluding hydrogens is 1530 g/mol. The second-order valence-corrected chi connectivity index (χ2v) is 30.4. The van der Waals surface area contributed by atoms with E-state index >= 15 is 0 Å². The van der Waals surface area contributed by atoms with Gasteiger partial charge in [-0.1, -0.05) is 108 Å². The van der Waals surface area contributed by atoms with Crippen LogP contribution in [0.1, 0.15) is 192 Å². The quantitative estimate of drug-likeness (QED) is 0.0164. The Morgan fingerprint density at radius 2 is 1.05 bits per heavy atom. The van der Waals surface area contributed by atoms with Crippen LogP contribution in [0.3, 0.4) is 0 Å². The maximum absolute atomic E-state index is 12.5. The molecule has 0 amide bonds. The minimum atomic E-state index is -0.591. The molecule has 0 aliphatic carbocycles. The normalized spacial score (nSPS) is 15.6. The van der Waals surface area contributed by atoms with Gasteiger partial charge in [-0.2, -0.15) is 6.42 Å². The summed E-state index contributed by atoms with van der Waals surface area (Å²) in [6.45, 7) is 10.9. The van der Waals surface area contributed by atoms with Crippen molar-refractivity contribution in [3.8, 4) is 0 Å². The van der Waals surface area contributed by atoms with Crippen LogP contribution in [0, 0.1) is 6.92 Å². The Hall–Kier alpha value is -2.65. The van der Waals surface area contributed by atoms with Gasteiger partial charge in [-0.15, -0.1) is 45.3 Å². The van der Waals surface area contributed by atoms with Crippen LogP contribution in [-0.2, 0) is 68.4 Å². The number of aliphatic hydroxyl groups excluding tert-OH is 4. The number of rotatable bonds is 22. The summed E-state index contributed by atoms with van der Waals surface area (Å²) in [5.74, 6) is 0.00493. The largest absolute Gasteiger partial charge is 1.00 e. The molecule has 541 valence electrons. The first-order chi connectivity index (χ1) is 48.1. The Kier molecular flexibility index (Phi) is 45.8. The Morgan fingerprint density at radius 1 is 0.608 bits per heavy atom. The molecule has 0 saturated carbocycles. The molecule has 4 N–H and O–H groups in total. The summed E-state index contributed by atoms with van der Waals surface area (Å²) < 4.78 is 44.7. The average molecular weight is 1620 g/mol. The molecule has 102 heavy (non-hydrogen) atoms. The SMILES string of the molecule is CO.Clc1cccc(Cc2cc(C3OCCO3)sc2Br)c1.O=C(CCCO)c1sc(C2OCCO2)cc1Cc1cccc(Cl)c1.O=C1CCCO1.O=Cc1cc(Cc2cccc(Cl)c2)c(C2CCCO2)s1.OCCCC(O)c1sc(C2OCCO2)cc1Cc1cccc(Cl)c1.[B].[CH2-]CCC.[H-].[Li+].[Na+]. The van der Waals surface area contributed by atoms with Crippen LogP contribution in [0.25, 0.3) is 0 Å². The minimum Gasteiger partial charge on any atom is -1.00 e. The van der Waals surface area contributed by atoms with Gasteiger partial charge in [0.15, 0.2) is 30.9 Å². The van der Waals surface area contributed by atoms with E-state index in [1.165, 1.54) is 50.7 Å². The van der Waals surface area contributed by atoms with E-state index in [0.29, 0.717) is 101 Å². The predicted molar refractivity (Wildman–Crippen MR) is 407 cm³/mol. The number of carbonyl (C=O) groups excluding carboxylic acids is 3. The number of hydrogen-bond donors (Lipinski definition) is 4. The summed E-state index contributed by atoms with van der Waals surface area (Å²) in [6, 6.07) is 39.3. The number of cyclic esters (lactones) is 1. The molecule has 0 spiro atoms. The molecule has 4 aromatic heterocycles. The first kappa shape index (κ1) is 91.7. The fourth-order valence-corrected chi connectivity index (χ4v) is 16.6. The smallest absolute Gasteiger partial charge is 1.00 e. The first-order valence-electron chi connectivity index (χ1n) is 32.9. The Labute approximate surface area is 681 Å². The number of carbonyl (C=O) groups is 3. The zero-order valence-corrected chi connectivity index (χ0v) is 67.9. The summed E-state index contributed by atoms with van der Waals surface area (Å²) >= 11 is 34.0. The molecule has 8 aromatic rings. The number of esters is 1. The monoisotopic (exact) mass is 1620 g/mol. The molecule has 27 heteroatoms. The molecule has 0 bridgehead atoms. The van der Waals surface area contributed by atoms with Crippen LogP contribution in [-0.4, -0.2) is 120 Å². The maximum atomic E-state index is 12.5. The second kappa shape index (κ2) is 50.9. The van der Waals surface area contributed by atoms with Gasteiger partial charge in [0.05, 0.1) is 86.6 Å². The van der Waals surface area contributed by atoms with E-state index in [1.807, 2.05) is 97.1 Å². The van der Waals surface area contributed by atoms with Gasteiger partial charge in [0, 0.05) is 78.0 Å². The van der Waals surface area contributed by atoms with Gasteiger partial charge < -0.3 is 66.7 Å². The zero-order valence-electron chi connectivity index (χ0n) is 59.1. The molecule has 15 nitrogen and oxygen atoms in total. The standard InChI is InChI=1S/C18H21ClO4S.C18H19ClO4S.C16H15ClO2S.C14H12BrClO2S.C4H6O2.C4H9.CH4O.B.Li.Na.H/c2*19-14-4-1-3-12(10-14)9-13-11-16(18-22-7-8-23-18)24-17(13)15(21)5-2-6-20;17-13-4-1-3-11(8-13)7-12-9-14(10-18)20-16(12)15-5-2-6-19-15;15-13-10(6-9-2-1-3-11(16)7-9)8-12(19-13)14-17-4-5-18-14;5-4-2-1-3-6-4;1-3-4-2;1-2;;;;/h1,3-4,10-11,15,18,20-21H,2,5-9H2;1,3-4,10-11,18,20H,2,5-9H2;1,3-4,8-10,15H,2,5-7H2;1-3,7-8,14H,4-6H2;1-3H2;1,3-4H2,2H3;2H,1H3;;;;/q;;;;;-1;;;2*+1;-1. The summed E-state index contributed by atoms with van der Waals surface area (Å²) in [5, 5.41) is 38.4. The number of halogens is 5. The molecule has 13 rings (SSSR count). The van der Waals surface area contributed by atoms with E-state index in [1.54, 1.807) is 22.7 Å². The molecule has 5 fully saturated rings. The van der Waals surface area contributed by atoms with Crippen molar-refractivity contribution >= 4 is 134 Å². The number of aldehydes is 1. The van der Waals surface area contributed by atoms with Gasteiger partial charge in [-0.25, -0.2) is 0 Å². The van der Waals surface area contributed by atoms with E-state index in [-0.39, 0.29) is 108 Å². The van der Waals surface area contributed by atoms with E-state index in [9.17, 15) is 19.5 Å². The van der Waals surface area contributed by atoms with Crippen molar-refractivity contribution in [2.45, 2.75) is 128 Å². The van der Waals surface area contributed by atoms with Gasteiger partial charge in [0.2, 0.25) is 0 Å². The summed E-state index contributed by atoms with van der Waals surface area (Å²) in [7, 11) is 1.00. The number of unbranched alkanes of at least 4 members (excludes halogenated alkanes) is 1. The second-order valence-electron chi connectivity index (χ2n) is 22.9. The molecule has 3 radical (unpaired) electrons. The number of Topliss-reactive ketones (excluding diaryl/α,β-unsaturated/α-hetero) is 1. The van der Waals surface area contributed by atoms with Gasteiger partial charge in [0.25, 0.3) is 0 Å². The summed E-state index contributed by atoms with van der Waals surface area (Å²) in [4.78, 5) is 40.2. The maximum Gasteiger partial charge on any atom is 1.00 e. The predicted octanol–water partition coefficient (Wildman–Crippen LogP) is 12.6. The number of thiophene rings is 4. The number of benzene rings is 4. The Bertz CT molecular complexity index is 3720. The van der Waals surface area contributed by atoms with Crippen LogP contribution in [0.5, 0.6) is 0 Å². The van der Waals surface area contributed by atoms with E-state index < -0.39 is 6.10 Å². The Morgan fingerprint density at radius 3 is 1.46 bits per heavy atom. The fourth-order valence-electron chi connectivity index (χ4n) is 10.6. The molecule has 5 aliphatic heterocycles. The van der Waals surface area contributed by atoms with E-state index in [2.05, 4.69) is 58.8 Å². The van der Waals surface area contributed by atoms with Gasteiger partial charge in [-0.05, 0) is 197 Å². The van der Waals surface area contributed by atoms with Crippen LogP contribution in [0.4, 0.5) is 0 Å². The third-order valence-corrected chi connectivity index (χ3v) is 21.9. The number of ketones is 1. The van der Waals surface area contributed by atoms with Gasteiger partial charge >= 0.3 is 54.4 Å². The van der Waals surface area contributed by atoms with Crippen molar-refractivity contribution in [2.75, 3.05) is 73.2 Å². The number of ether oxygens (including phenoxy) is 8. The van der Waals surface area contributed by atoms with E-state index in [4.69, 9.17) is 94.9 Å². The molecule has 9 heterocycles. The fraction of sp³-hybridized carbons (Fsp3) is 0.413. The van der Waals surface area contributed by atoms with Crippen molar-refractivity contribution in [3.63, 3.8) is 0 Å². The third-order valence-electron chi connectivity index (χ3n) is 15.3. The van der Waals surface area contributed by atoms with E-state index in [0.717, 1.165) is 129 Å². The first-order valence-corrected chi connectivity index (χ1v) is 38.4. The number of hydrogen-bond acceptors (Lipinski definition) is 19. The zero-order chi connectivity index (χ0) is 70.9. The topological polar surface area (TPSA) is 206 Å². The molecule has 5 saturated heterocycles. The third kappa shape index (κ3) is 30.8. The number of aliphatic hydroxyl groups is 4. The van der Waals surface area contributed by atoms with Gasteiger partial charge in [-0.3, -0.25) is 14.4 Å². The molecule has 4 aromatic carbocycles. The molecule has 5 aliphatic rings. The summed E-state index contributed by atoms with van der Waals surface area (Å²) in [5.41, 5.74) is 8.94. The average Bonchev–Trinajstić information content (AvgIpc) is 1.70. The van der Waals surface area contributed by atoms with Crippen molar-refractivity contribution in [2.24, 2.45) is 0 Å². The van der Waals surface area contributed by atoms with Crippen molar-refractivity contribution in [1.82, 2.24) is 0 Å². The van der Waals surface area contributed by atoms with Crippen LogP contribution < -0.4 is 48.4 Å². The Balaban J connectivity index is 0.000000335. The molecule has 2 unspecified atom stereocenters. The van der Waals surface area contributed by atoms with Crippen LogP contribution in [0.2, 0.25) is 20.1 Å². The summed E-state index contributed by atoms with van der Waals surface area (Å²) in [6.07, 6.45) is 10.4. The molecule has 2 atom stereocenters. The van der Waals surface area contributed by atoms with Crippen LogP contribution in [0.15, 0.2) is 125 Å². The van der Waals surface area contributed by atoms with Crippen molar-refractivity contribution in [3.05, 3.63) is 231 Å². The minimum absolute atomic E-state index is 0. The van der Waals surface area contributed by atoms with Crippen molar-refractivity contribution < 1.29 is 123 Å². The van der Waals surface area contributed by atoms with Crippen LogP contribution >= 0.6 is 108 Å².